The molecule has 2 aromatic heterocycles. The Hall–Kier alpha value is -1.09. The first kappa shape index (κ1) is 10.1. The molecule has 1 N–H and O–H groups in total. The van der Waals surface area contributed by atoms with Gasteiger partial charge in [0.15, 0.2) is 0 Å². The molecule has 2 heterocycles. The van der Waals surface area contributed by atoms with Crippen LogP contribution in [-0.4, -0.2) is 15.0 Å². The van der Waals surface area contributed by atoms with Crippen molar-refractivity contribution in [3.05, 3.63) is 22.7 Å². The quantitative estimate of drug-likeness (QED) is 0.821. The lowest BCUT2D eigenvalue weighted by Crippen LogP contribution is -2.02. The van der Waals surface area contributed by atoms with Crippen molar-refractivity contribution in [1.82, 2.24) is 15.0 Å². The summed E-state index contributed by atoms with van der Waals surface area (Å²) in [5.74, 6) is 1.53. The van der Waals surface area contributed by atoms with Gasteiger partial charge in [-0.3, -0.25) is 0 Å². The number of aromatic amines is 1. The first-order valence-corrected chi connectivity index (χ1v) is 6.14. The molecule has 1 saturated carbocycles. The van der Waals surface area contributed by atoms with E-state index in [1.807, 2.05) is 13.0 Å². The van der Waals surface area contributed by atoms with Gasteiger partial charge in [0.2, 0.25) is 0 Å². The summed E-state index contributed by atoms with van der Waals surface area (Å²) in [6.45, 7) is 2.02. The highest BCUT2D eigenvalue weighted by Gasteiger charge is 2.21. The van der Waals surface area contributed by atoms with Crippen LogP contribution in [0.4, 0.5) is 0 Å². The third kappa shape index (κ3) is 1.59. The number of aryl methyl sites for hydroxylation is 1. The Bertz CT molecular complexity index is 526. The highest BCUT2D eigenvalue weighted by Crippen LogP contribution is 2.33. The van der Waals surface area contributed by atoms with E-state index in [0.717, 1.165) is 22.6 Å². The second-order valence-corrected chi connectivity index (χ2v) is 4.94. The summed E-state index contributed by atoms with van der Waals surface area (Å²) in [7, 11) is 0. The Morgan fingerprint density at radius 3 is 2.81 bits per heavy atom. The number of aromatic nitrogens is 3. The van der Waals surface area contributed by atoms with Gasteiger partial charge < -0.3 is 4.98 Å². The molecule has 1 fully saturated rings. The Morgan fingerprint density at radius 2 is 2.06 bits per heavy atom. The minimum atomic E-state index is 0.546. The number of H-pyrrole nitrogens is 1. The monoisotopic (exact) mass is 235 g/mol. The molecule has 0 radical (unpaired) electrons. The molecular weight excluding hydrogens is 222 g/mol. The topological polar surface area (TPSA) is 41.6 Å². The van der Waals surface area contributed by atoms with Crippen molar-refractivity contribution in [2.24, 2.45) is 0 Å². The SMILES string of the molecule is Cc1nc(C2CCCC2)nc2[nH]c(Cl)cc12. The molecule has 0 atom stereocenters. The van der Waals surface area contributed by atoms with Crippen LogP contribution in [0.3, 0.4) is 0 Å². The van der Waals surface area contributed by atoms with Gasteiger partial charge in [0.05, 0.1) is 5.69 Å². The van der Waals surface area contributed by atoms with Gasteiger partial charge in [0.25, 0.3) is 0 Å². The zero-order valence-electron chi connectivity index (χ0n) is 9.26. The summed E-state index contributed by atoms with van der Waals surface area (Å²) >= 11 is 5.94. The van der Waals surface area contributed by atoms with Crippen molar-refractivity contribution in [3.63, 3.8) is 0 Å². The van der Waals surface area contributed by atoms with E-state index in [-0.39, 0.29) is 0 Å². The van der Waals surface area contributed by atoms with E-state index in [1.165, 1.54) is 25.7 Å². The van der Waals surface area contributed by atoms with E-state index in [0.29, 0.717) is 11.1 Å². The smallest absolute Gasteiger partial charge is 0.142 e. The average Bonchev–Trinajstić information content (AvgIpc) is 2.84. The second kappa shape index (κ2) is 3.74. The highest BCUT2D eigenvalue weighted by molar-refractivity contribution is 6.30. The van der Waals surface area contributed by atoms with E-state index >= 15 is 0 Å². The molecule has 3 rings (SSSR count). The molecule has 4 heteroatoms. The van der Waals surface area contributed by atoms with Crippen molar-refractivity contribution >= 4 is 22.6 Å². The Kier molecular flexibility index (Phi) is 2.36. The summed E-state index contributed by atoms with van der Waals surface area (Å²) in [4.78, 5) is 12.3. The van der Waals surface area contributed by atoms with Gasteiger partial charge in [0.1, 0.15) is 16.6 Å². The van der Waals surface area contributed by atoms with Crippen molar-refractivity contribution in [2.75, 3.05) is 0 Å². The molecular formula is C12H14ClN3. The van der Waals surface area contributed by atoms with Crippen molar-refractivity contribution in [2.45, 2.75) is 38.5 Å². The predicted octanol–water partition coefficient (Wildman–Crippen LogP) is 3.58. The van der Waals surface area contributed by atoms with E-state index in [9.17, 15) is 0 Å². The zero-order valence-corrected chi connectivity index (χ0v) is 10.0. The molecule has 0 amide bonds. The molecule has 2 aromatic rings. The lowest BCUT2D eigenvalue weighted by atomic mass is 10.1. The van der Waals surface area contributed by atoms with Crippen LogP contribution >= 0.6 is 11.6 Å². The van der Waals surface area contributed by atoms with Crippen LogP contribution in [0.1, 0.15) is 43.1 Å². The van der Waals surface area contributed by atoms with Gasteiger partial charge in [-0.1, -0.05) is 24.4 Å². The average molecular weight is 236 g/mol. The van der Waals surface area contributed by atoms with Crippen LogP contribution in [0.5, 0.6) is 0 Å². The Balaban J connectivity index is 2.12. The maximum atomic E-state index is 5.94. The molecule has 0 saturated heterocycles. The van der Waals surface area contributed by atoms with Crippen molar-refractivity contribution in [1.29, 1.82) is 0 Å². The number of hydrogen-bond donors (Lipinski definition) is 1. The molecule has 0 aliphatic heterocycles. The number of hydrogen-bond acceptors (Lipinski definition) is 2. The first-order valence-electron chi connectivity index (χ1n) is 5.77. The number of nitrogens with zero attached hydrogens (tertiary/aromatic N) is 2. The third-order valence-electron chi connectivity index (χ3n) is 3.38. The molecule has 0 unspecified atom stereocenters. The van der Waals surface area contributed by atoms with Gasteiger partial charge in [-0.25, -0.2) is 9.97 Å². The number of halogens is 1. The molecule has 3 nitrogen and oxygen atoms in total. The fourth-order valence-corrected chi connectivity index (χ4v) is 2.71. The number of nitrogens with one attached hydrogen (secondary N) is 1. The lowest BCUT2D eigenvalue weighted by Gasteiger charge is -2.08. The minimum absolute atomic E-state index is 0.546. The number of fused-ring (bicyclic) bond motifs is 1. The first-order chi connectivity index (χ1) is 7.74. The Morgan fingerprint density at radius 1 is 1.31 bits per heavy atom. The maximum absolute atomic E-state index is 5.94. The van der Waals surface area contributed by atoms with Gasteiger partial charge in [-0.05, 0) is 25.8 Å². The summed E-state index contributed by atoms with van der Waals surface area (Å²) in [6, 6.07) is 1.89. The van der Waals surface area contributed by atoms with Crippen LogP contribution in [0.2, 0.25) is 5.15 Å². The van der Waals surface area contributed by atoms with Crippen LogP contribution in [0.25, 0.3) is 11.0 Å². The van der Waals surface area contributed by atoms with Gasteiger partial charge >= 0.3 is 0 Å². The van der Waals surface area contributed by atoms with Gasteiger partial charge in [-0.15, -0.1) is 0 Å². The van der Waals surface area contributed by atoms with E-state index in [4.69, 9.17) is 11.6 Å². The summed E-state index contributed by atoms with van der Waals surface area (Å²) in [5, 5.41) is 1.67. The molecule has 1 aliphatic carbocycles. The minimum Gasteiger partial charge on any atom is -0.330 e. The molecule has 84 valence electrons. The highest BCUT2D eigenvalue weighted by atomic mass is 35.5. The van der Waals surface area contributed by atoms with Gasteiger partial charge in [0, 0.05) is 11.3 Å². The predicted molar refractivity (Wildman–Crippen MR) is 64.8 cm³/mol. The fraction of sp³-hybridized carbons (Fsp3) is 0.500. The molecule has 16 heavy (non-hydrogen) atoms. The fourth-order valence-electron chi connectivity index (χ4n) is 2.51. The second-order valence-electron chi connectivity index (χ2n) is 4.53. The zero-order chi connectivity index (χ0) is 11.1. The van der Waals surface area contributed by atoms with Gasteiger partial charge in [-0.2, -0.15) is 0 Å². The third-order valence-corrected chi connectivity index (χ3v) is 3.59. The van der Waals surface area contributed by atoms with E-state index in [2.05, 4.69) is 15.0 Å². The van der Waals surface area contributed by atoms with E-state index in [1.54, 1.807) is 0 Å². The molecule has 0 spiro atoms. The standard InChI is InChI=1S/C12H14ClN3/c1-7-9-6-10(13)15-12(9)16-11(14-7)8-4-2-3-5-8/h6,8H,2-5H2,1H3,(H,14,15,16). The van der Waals surface area contributed by atoms with Crippen molar-refractivity contribution < 1.29 is 0 Å². The molecule has 1 aliphatic rings. The van der Waals surface area contributed by atoms with Crippen LogP contribution in [-0.2, 0) is 0 Å². The number of rotatable bonds is 1. The van der Waals surface area contributed by atoms with E-state index < -0.39 is 0 Å². The van der Waals surface area contributed by atoms with Crippen LogP contribution < -0.4 is 0 Å². The largest absolute Gasteiger partial charge is 0.330 e. The van der Waals surface area contributed by atoms with Crippen molar-refractivity contribution in [3.8, 4) is 0 Å². The summed E-state index contributed by atoms with van der Waals surface area (Å²) < 4.78 is 0. The normalized spacial score (nSPS) is 17.4. The summed E-state index contributed by atoms with van der Waals surface area (Å²) in [5.41, 5.74) is 1.90. The molecule has 0 aromatic carbocycles. The molecule has 0 bridgehead atoms. The van der Waals surface area contributed by atoms with Crippen LogP contribution in [0.15, 0.2) is 6.07 Å². The maximum Gasteiger partial charge on any atom is 0.142 e. The van der Waals surface area contributed by atoms with Crippen LogP contribution in [0, 0.1) is 6.92 Å². The summed E-state index contributed by atoms with van der Waals surface area (Å²) in [6.07, 6.45) is 5.05. The lowest BCUT2D eigenvalue weighted by molar-refractivity contribution is 0.668. The Labute approximate surface area is 99.2 Å².